The standard InChI is InChI=1S/C11H24N2OS/c1-8(15-6)7-13-9(14)10(2,3)11(4,5)12/h8H,7,12H2,1-6H3,(H,13,14). The Kier molecular flexibility index (Phi) is 5.14. The van der Waals surface area contributed by atoms with E-state index in [1.807, 2.05) is 34.0 Å². The summed E-state index contributed by atoms with van der Waals surface area (Å²) in [5, 5.41) is 3.38. The van der Waals surface area contributed by atoms with Crippen molar-refractivity contribution >= 4 is 17.7 Å². The Hall–Kier alpha value is -0.220. The predicted molar refractivity (Wildman–Crippen MR) is 68.0 cm³/mol. The van der Waals surface area contributed by atoms with Gasteiger partial charge < -0.3 is 11.1 Å². The van der Waals surface area contributed by atoms with E-state index in [1.54, 1.807) is 11.8 Å². The molecule has 90 valence electrons. The zero-order valence-electron chi connectivity index (χ0n) is 10.7. The van der Waals surface area contributed by atoms with Crippen LogP contribution in [-0.4, -0.2) is 29.5 Å². The van der Waals surface area contributed by atoms with Crippen molar-refractivity contribution in [3.05, 3.63) is 0 Å². The summed E-state index contributed by atoms with van der Waals surface area (Å²) in [6.45, 7) is 10.3. The van der Waals surface area contributed by atoms with E-state index in [-0.39, 0.29) is 5.91 Å². The molecule has 1 atom stereocenters. The molecule has 0 radical (unpaired) electrons. The SMILES string of the molecule is CSC(C)CNC(=O)C(C)(C)C(C)(C)N. The zero-order valence-corrected chi connectivity index (χ0v) is 11.5. The molecule has 3 nitrogen and oxygen atoms in total. The lowest BCUT2D eigenvalue weighted by Crippen LogP contribution is -2.56. The van der Waals surface area contributed by atoms with E-state index in [2.05, 4.69) is 12.2 Å². The average Bonchev–Trinajstić information content (AvgIpc) is 2.11. The molecule has 0 saturated heterocycles. The molecule has 3 N–H and O–H groups in total. The monoisotopic (exact) mass is 232 g/mol. The highest BCUT2D eigenvalue weighted by molar-refractivity contribution is 7.99. The lowest BCUT2D eigenvalue weighted by molar-refractivity contribution is -0.132. The van der Waals surface area contributed by atoms with Gasteiger partial charge in [-0.1, -0.05) is 6.92 Å². The fraction of sp³-hybridized carbons (Fsp3) is 0.909. The molecule has 1 unspecified atom stereocenters. The molecule has 0 aliphatic heterocycles. The van der Waals surface area contributed by atoms with Crippen LogP contribution in [0.3, 0.4) is 0 Å². The van der Waals surface area contributed by atoms with Crippen LogP contribution in [-0.2, 0) is 4.79 Å². The largest absolute Gasteiger partial charge is 0.354 e. The molecular weight excluding hydrogens is 208 g/mol. The number of hydrogen-bond acceptors (Lipinski definition) is 3. The molecule has 0 aliphatic carbocycles. The minimum atomic E-state index is -0.550. The van der Waals surface area contributed by atoms with Gasteiger partial charge in [0.05, 0.1) is 5.41 Å². The van der Waals surface area contributed by atoms with Gasteiger partial charge in [-0.05, 0) is 34.0 Å². The van der Waals surface area contributed by atoms with Crippen molar-refractivity contribution in [1.82, 2.24) is 5.32 Å². The Bertz CT molecular complexity index is 221. The van der Waals surface area contributed by atoms with Gasteiger partial charge in [-0.3, -0.25) is 4.79 Å². The van der Waals surface area contributed by atoms with Gasteiger partial charge in [0, 0.05) is 17.3 Å². The summed E-state index contributed by atoms with van der Waals surface area (Å²) in [6.07, 6.45) is 2.04. The molecule has 0 aliphatic rings. The maximum absolute atomic E-state index is 11.9. The summed E-state index contributed by atoms with van der Waals surface area (Å²) in [5.74, 6) is 0.0240. The van der Waals surface area contributed by atoms with Gasteiger partial charge >= 0.3 is 0 Å². The quantitative estimate of drug-likeness (QED) is 0.757. The van der Waals surface area contributed by atoms with Crippen molar-refractivity contribution < 1.29 is 4.79 Å². The van der Waals surface area contributed by atoms with Gasteiger partial charge in [0.1, 0.15) is 0 Å². The van der Waals surface area contributed by atoms with Crippen molar-refractivity contribution in [1.29, 1.82) is 0 Å². The fourth-order valence-corrected chi connectivity index (χ4v) is 1.08. The van der Waals surface area contributed by atoms with Gasteiger partial charge in [0.25, 0.3) is 0 Å². The number of rotatable bonds is 5. The first-order valence-electron chi connectivity index (χ1n) is 5.23. The molecule has 0 aromatic heterocycles. The average molecular weight is 232 g/mol. The van der Waals surface area contributed by atoms with Gasteiger partial charge in [-0.25, -0.2) is 0 Å². The Labute approximate surface area is 97.6 Å². The minimum absolute atomic E-state index is 0.0240. The molecule has 4 heteroatoms. The molecule has 0 spiro atoms. The molecular formula is C11H24N2OS. The molecule has 0 heterocycles. The predicted octanol–water partition coefficient (Wildman–Crippen LogP) is 1.62. The Balaban J connectivity index is 4.33. The summed E-state index contributed by atoms with van der Waals surface area (Å²) >= 11 is 1.74. The first-order chi connectivity index (χ1) is 6.63. The molecule has 0 bridgehead atoms. The maximum Gasteiger partial charge on any atom is 0.227 e. The van der Waals surface area contributed by atoms with Crippen molar-refractivity contribution in [3.8, 4) is 0 Å². The Morgan fingerprint density at radius 3 is 2.20 bits per heavy atom. The summed E-state index contributed by atoms with van der Waals surface area (Å²) in [6, 6.07) is 0. The van der Waals surface area contributed by atoms with Crippen LogP contribution in [0.5, 0.6) is 0 Å². The second-order valence-electron chi connectivity index (χ2n) is 5.10. The molecule has 0 rings (SSSR count). The molecule has 1 amide bonds. The highest BCUT2D eigenvalue weighted by Crippen LogP contribution is 2.28. The van der Waals surface area contributed by atoms with Crippen molar-refractivity contribution in [2.24, 2.45) is 11.1 Å². The van der Waals surface area contributed by atoms with Crippen LogP contribution in [0.4, 0.5) is 0 Å². The van der Waals surface area contributed by atoms with Crippen molar-refractivity contribution in [3.63, 3.8) is 0 Å². The third kappa shape index (κ3) is 4.03. The number of carbonyl (C=O) groups excluding carboxylic acids is 1. The molecule has 0 aromatic carbocycles. The lowest BCUT2D eigenvalue weighted by atomic mass is 9.74. The second-order valence-corrected chi connectivity index (χ2v) is 6.38. The molecule has 0 aromatic rings. The van der Waals surface area contributed by atoms with Crippen LogP contribution in [0.2, 0.25) is 0 Å². The van der Waals surface area contributed by atoms with E-state index in [0.29, 0.717) is 11.8 Å². The zero-order chi connectivity index (χ0) is 12.3. The van der Waals surface area contributed by atoms with Gasteiger partial charge in [0.15, 0.2) is 0 Å². The lowest BCUT2D eigenvalue weighted by Gasteiger charge is -2.37. The number of amides is 1. The third-order valence-corrected chi connectivity index (χ3v) is 4.10. The number of nitrogens with one attached hydrogen (secondary N) is 1. The summed E-state index contributed by atoms with van der Waals surface area (Å²) in [4.78, 5) is 11.9. The van der Waals surface area contributed by atoms with Crippen molar-refractivity contribution in [2.45, 2.75) is 45.4 Å². The van der Waals surface area contributed by atoms with Gasteiger partial charge in [0.2, 0.25) is 5.91 Å². The first kappa shape index (κ1) is 14.8. The maximum atomic E-state index is 11.9. The van der Waals surface area contributed by atoms with E-state index in [1.165, 1.54) is 0 Å². The molecule has 0 saturated carbocycles. The van der Waals surface area contributed by atoms with E-state index >= 15 is 0 Å². The van der Waals surface area contributed by atoms with Crippen LogP contribution in [0.25, 0.3) is 0 Å². The fourth-order valence-electron chi connectivity index (χ4n) is 0.833. The second kappa shape index (κ2) is 5.21. The van der Waals surface area contributed by atoms with Crippen molar-refractivity contribution in [2.75, 3.05) is 12.8 Å². The van der Waals surface area contributed by atoms with E-state index in [9.17, 15) is 4.79 Å². The molecule has 15 heavy (non-hydrogen) atoms. The van der Waals surface area contributed by atoms with Crippen LogP contribution in [0.1, 0.15) is 34.6 Å². The van der Waals surface area contributed by atoms with Crippen LogP contribution in [0, 0.1) is 5.41 Å². The number of carbonyl (C=O) groups is 1. The summed E-state index contributed by atoms with van der Waals surface area (Å²) in [5.41, 5.74) is 4.92. The van der Waals surface area contributed by atoms with E-state index in [4.69, 9.17) is 5.73 Å². The number of thioether (sulfide) groups is 1. The Morgan fingerprint density at radius 2 is 1.87 bits per heavy atom. The topological polar surface area (TPSA) is 55.1 Å². The van der Waals surface area contributed by atoms with Gasteiger partial charge in [-0.2, -0.15) is 11.8 Å². The first-order valence-corrected chi connectivity index (χ1v) is 6.51. The van der Waals surface area contributed by atoms with Gasteiger partial charge in [-0.15, -0.1) is 0 Å². The van der Waals surface area contributed by atoms with Crippen LogP contribution >= 0.6 is 11.8 Å². The third-order valence-electron chi connectivity index (χ3n) is 3.13. The van der Waals surface area contributed by atoms with E-state index < -0.39 is 11.0 Å². The summed E-state index contributed by atoms with van der Waals surface area (Å²) in [7, 11) is 0. The molecule has 0 fully saturated rings. The minimum Gasteiger partial charge on any atom is -0.354 e. The smallest absolute Gasteiger partial charge is 0.227 e. The number of hydrogen-bond donors (Lipinski definition) is 2. The highest BCUT2D eigenvalue weighted by atomic mass is 32.2. The normalized spacial score (nSPS) is 14.9. The number of nitrogens with two attached hydrogens (primary N) is 1. The summed E-state index contributed by atoms with van der Waals surface area (Å²) < 4.78 is 0. The Morgan fingerprint density at radius 1 is 1.40 bits per heavy atom. The van der Waals surface area contributed by atoms with Crippen LogP contribution in [0.15, 0.2) is 0 Å². The van der Waals surface area contributed by atoms with Crippen LogP contribution < -0.4 is 11.1 Å². The highest BCUT2D eigenvalue weighted by Gasteiger charge is 2.40. The van der Waals surface area contributed by atoms with E-state index in [0.717, 1.165) is 0 Å².